The van der Waals surface area contributed by atoms with Crippen molar-refractivity contribution in [1.82, 2.24) is 25.4 Å². The van der Waals surface area contributed by atoms with E-state index in [0.29, 0.717) is 37.4 Å². The number of carbonyl (C=O) groups is 3. The minimum atomic E-state index is -0.824. The number of carbonyl (C=O) groups excluding carboxylic acids is 3. The molecule has 3 aromatic carbocycles. The van der Waals surface area contributed by atoms with E-state index in [1.165, 1.54) is 11.1 Å². The molecule has 216 valence electrons. The molecule has 4 amide bonds. The number of urea groups is 1. The summed E-state index contributed by atoms with van der Waals surface area (Å²) in [6, 6.07) is 22.0. The van der Waals surface area contributed by atoms with Crippen LogP contribution < -0.4 is 16.0 Å². The van der Waals surface area contributed by atoms with E-state index < -0.39 is 6.04 Å². The minimum absolute atomic E-state index is 0.0406. The quantitative estimate of drug-likeness (QED) is 0.283. The second-order valence-corrected chi connectivity index (χ2v) is 11.1. The first kappa shape index (κ1) is 27.5. The number of amides is 4. The molecule has 0 bridgehead atoms. The van der Waals surface area contributed by atoms with Crippen molar-refractivity contribution >= 4 is 34.4 Å². The molecule has 9 nitrogen and oxygen atoms in total. The van der Waals surface area contributed by atoms with Crippen LogP contribution in [0.3, 0.4) is 0 Å². The maximum atomic E-state index is 13.8. The van der Waals surface area contributed by atoms with E-state index in [4.69, 9.17) is 0 Å². The van der Waals surface area contributed by atoms with Crippen LogP contribution in [0.4, 0.5) is 10.5 Å². The largest absolute Gasteiger partial charge is 0.361 e. The third-order valence-electron chi connectivity index (χ3n) is 8.41. The van der Waals surface area contributed by atoms with Crippen LogP contribution >= 0.6 is 0 Å². The van der Waals surface area contributed by atoms with Crippen LogP contribution in [-0.2, 0) is 17.8 Å². The van der Waals surface area contributed by atoms with E-state index in [0.717, 1.165) is 36.0 Å². The molecule has 42 heavy (non-hydrogen) atoms. The van der Waals surface area contributed by atoms with Crippen LogP contribution in [0.25, 0.3) is 10.9 Å². The molecular weight excluding hydrogens is 528 g/mol. The number of nitrogens with one attached hydrogen (secondary N) is 4. The molecular formula is C33H36N6O3. The fraction of sp³-hybridized carbons (Fsp3) is 0.303. The van der Waals surface area contributed by atoms with Gasteiger partial charge in [0.15, 0.2) is 0 Å². The van der Waals surface area contributed by atoms with Gasteiger partial charge in [0.2, 0.25) is 5.91 Å². The van der Waals surface area contributed by atoms with E-state index >= 15 is 0 Å². The maximum absolute atomic E-state index is 13.8. The van der Waals surface area contributed by atoms with Gasteiger partial charge >= 0.3 is 6.03 Å². The number of hydrogen-bond donors (Lipinski definition) is 4. The van der Waals surface area contributed by atoms with Crippen molar-refractivity contribution in [2.75, 3.05) is 38.0 Å². The van der Waals surface area contributed by atoms with E-state index in [-0.39, 0.29) is 23.8 Å². The molecule has 0 aliphatic carbocycles. The monoisotopic (exact) mass is 564 g/mol. The lowest BCUT2D eigenvalue weighted by molar-refractivity contribution is -0.118. The number of H-pyrrole nitrogens is 1. The maximum Gasteiger partial charge on any atom is 0.318 e. The van der Waals surface area contributed by atoms with Crippen LogP contribution in [0.5, 0.6) is 0 Å². The third kappa shape index (κ3) is 5.73. The van der Waals surface area contributed by atoms with Gasteiger partial charge in [-0.25, -0.2) is 4.79 Å². The van der Waals surface area contributed by atoms with Gasteiger partial charge < -0.3 is 30.7 Å². The normalized spacial score (nSPS) is 16.4. The first-order valence-corrected chi connectivity index (χ1v) is 14.6. The van der Waals surface area contributed by atoms with Gasteiger partial charge in [0.25, 0.3) is 5.91 Å². The topological polar surface area (TPSA) is 110 Å². The van der Waals surface area contributed by atoms with E-state index in [9.17, 15) is 14.4 Å². The average Bonchev–Trinajstić information content (AvgIpc) is 3.47. The fourth-order valence-electron chi connectivity index (χ4n) is 5.95. The molecule has 2 aliphatic rings. The van der Waals surface area contributed by atoms with Gasteiger partial charge in [-0.05, 0) is 60.0 Å². The fourth-order valence-corrected chi connectivity index (χ4v) is 5.95. The highest BCUT2D eigenvalue weighted by atomic mass is 16.2. The van der Waals surface area contributed by atoms with Crippen LogP contribution in [0, 0.1) is 0 Å². The molecule has 4 N–H and O–H groups in total. The van der Waals surface area contributed by atoms with Gasteiger partial charge in [-0.3, -0.25) is 9.59 Å². The Bertz CT molecular complexity index is 1590. The van der Waals surface area contributed by atoms with Gasteiger partial charge in [0, 0.05) is 67.0 Å². The molecule has 1 fully saturated rings. The highest BCUT2D eigenvalue weighted by Gasteiger charge is 2.33. The summed E-state index contributed by atoms with van der Waals surface area (Å²) < 4.78 is 0. The second kappa shape index (κ2) is 12.1. The number of piperazine rings is 1. The number of rotatable bonds is 6. The Hall–Kier alpha value is -4.63. The molecule has 0 radical (unpaired) electrons. The number of nitrogens with zero attached hydrogens (tertiary/aromatic N) is 2. The van der Waals surface area contributed by atoms with E-state index in [1.807, 2.05) is 67.7 Å². The Kier molecular flexibility index (Phi) is 7.92. The predicted molar refractivity (Wildman–Crippen MR) is 163 cm³/mol. The number of fused-ring (bicyclic) bond motifs is 2. The molecule has 6 rings (SSSR count). The van der Waals surface area contributed by atoms with Gasteiger partial charge in [0.05, 0.1) is 0 Å². The summed E-state index contributed by atoms with van der Waals surface area (Å²) in [4.78, 5) is 47.0. The van der Waals surface area contributed by atoms with E-state index in [1.54, 1.807) is 21.9 Å². The van der Waals surface area contributed by atoms with Gasteiger partial charge in [-0.15, -0.1) is 0 Å². The van der Waals surface area contributed by atoms with Crippen molar-refractivity contribution in [3.63, 3.8) is 0 Å². The lowest BCUT2D eigenvalue weighted by Crippen LogP contribution is -2.57. The molecule has 2 aliphatic heterocycles. The number of aromatic nitrogens is 1. The summed E-state index contributed by atoms with van der Waals surface area (Å²) in [5, 5.41) is 10.5. The predicted octanol–water partition coefficient (Wildman–Crippen LogP) is 4.09. The van der Waals surface area contributed by atoms with E-state index in [2.05, 4.69) is 27.0 Å². The van der Waals surface area contributed by atoms with Gasteiger partial charge in [-0.2, -0.15) is 0 Å². The summed E-state index contributed by atoms with van der Waals surface area (Å²) in [6.45, 7) is 5.31. The van der Waals surface area contributed by atoms with Gasteiger partial charge in [-0.1, -0.05) is 49.4 Å². The third-order valence-corrected chi connectivity index (χ3v) is 8.41. The SMILES string of the molecule is C[C@H](c1c[nH]c2ccccc12)[C@@H](NC(=O)N1CCN(C(=O)c2ccccc2)CC1)C(=O)Nc1ccc2c(c1)CNCC2. The average molecular weight is 565 g/mol. The second-order valence-electron chi connectivity index (χ2n) is 11.1. The van der Waals surface area contributed by atoms with Crippen LogP contribution in [-0.4, -0.2) is 71.4 Å². The lowest BCUT2D eigenvalue weighted by Gasteiger charge is -2.36. The zero-order valence-corrected chi connectivity index (χ0v) is 23.7. The summed E-state index contributed by atoms with van der Waals surface area (Å²) in [7, 11) is 0. The highest BCUT2D eigenvalue weighted by Crippen LogP contribution is 2.29. The molecule has 0 spiro atoms. The Morgan fingerprint density at radius 3 is 2.40 bits per heavy atom. The first-order chi connectivity index (χ1) is 20.5. The zero-order chi connectivity index (χ0) is 29.1. The first-order valence-electron chi connectivity index (χ1n) is 14.6. The van der Waals surface area contributed by atoms with Crippen molar-refractivity contribution in [2.45, 2.75) is 31.8 Å². The smallest absolute Gasteiger partial charge is 0.318 e. The summed E-state index contributed by atoms with van der Waals surface area (Å²) >= 11 is 0. The van der Waals surface area contributed by atoms with Crippen molar-refractivity contribution in [3.05, 3.63) is 101 Å². The zero-order valence-electron chi connectivity index (χ0n) is 23.7. The summed E-state index contributed by atoms with van der Waals surface area (Å²) in [5.41, 5.74) is 5.74. The van der Waals surface area contributed by atoms with Crippen molar-refractivity contribution in [1.29, 1.82) is 0 Å². The van der Waals surface area contributed by atoms with Crippen molar-refractivity contribution < 1.29 is 14.4 Å². The summed E-state index contributed by atoms with van der Waals surface area (Å²) in [5.74, 6) is -0.630. The Labute approximate surface area is 245 Å². The molecule has 0 unspecified atom stereocenters. The molecule has 4 aromatic rings. The molecule has 2 atom stereocenters. The Balaban J connectivity index is 1.18. The molecule has 3 heterocycles. The van der Waals surface area contributed by atoms with Crippen molar-refractivity contribution in [3.8, 4) is 0 Å². The number of hydrogen-bond acceptors (Lipinski definition) is 4. The highest BCUT2D eigenvalue weighted by molar-refractivity contribution is 5.99. The van der Waals surface area contributed by atoms with Crippen molar-refractivity contribution in [2.24, 2.45) is 0 Å². The number of para-hydroxylation sites is 1. The van der Waals surface area contributed by atoms with Crippen LogP contribution in [0.1, 0.15) is 39.9 Å². The Morgan fingerprint density at radius 2 is 1.60 bits per heavy atom. The summed E-state index contributed by atoms with van der Waals surface area (Å²) in [6.07, 6.45) is 2.88. The lowest BCUT2D eigenvalue weighted by atomic mass is 9.92. The van der Waals surface area contributed by atoms with Gasteiger partial charge in [0.1, 0.15) is 6.04 Å². The number of aromatic amines is 1. The molecule has 0 saturated carbocycles. The molecule has 9 heteroatoms. The Morgan fingerprint density at radius 1 is 0.857 bits per heavy atom. The standard InChI is InChI=1S/C33H36N6O3/c1-22(28-21-35-29-10-6-5-9-27(28)29)30(31(40)36-26-12-11-23-13-14-34-20-25(23)19-26)37-33(42)39-17-15-38(16-18-39)32(41)24-7-3-2-4-8-24/h2-12,19,21-22,30,34-35H,13-18,20H2,1H3,(H,36,40)(H,37,42)/t22-,30-/m1/s1. The molecule has 1 saturated heterocycles. The minimum Gasteiger partial charge on any atom is -0.361 e. The number of benzene rings is 3. The van der Waals surface area contributed by atoms with Crippen LogP contribution in [0.15, 0.2) is 79.0 Å². The number of anilines is 1. The van der Waals surface area contributed by atoms with Crippen LogP contribution in [0.2, 0.25) is 0 Å². The molecule has 1 aromatic heterocycles.